The summed E-state index contributed by atoms with van der Waals surface area (Å²) < 4.78 is 39.9. The average molecular weight is 619 g/mol. The van der Waals surface area contributed by atoms with Gasteiger partial charge in [-0.1, -0.05) is 29.8 Å². The molecule has 0 aliphatic rings. The molecule has 0 heterocycles. The Labute approximate surface area is 237 Å². The van der Waals surface area contributed by atoms with Crippen molar-refractivity contribution in [1.29, 1.82) is 0 Å². The number of ether oxygens (including phenoxy) is 2. The van der Waals surface area contributed by atoms with Crippen molar-refractivity contribution in [2.45, 2.75) is 31.3 Å². The van der Waals surface area contributed by atoms with E-state index in [-0.39, 0.29) is 17.3 Å². The minimum atomic E-state index is -4.20. The molecule has 0 aliphatic carbocycles. The van der Waals surface area contributed by atoms with Gasteiger partial charge < -0.3 is 19.7 Å². The highest BCUT2D eigenvalue weighted by Gasteiger charge is 2.32. The number of likely N-dealkylation sites (N-methyl/N-ethyl adjacent to an activating group) is 1. The molecule has 9 nitrogen and oxygen atoms in total. The molecule has 208 valence electrons. The number of amides is 2. The SMILES string of the molecule is CNC(=O)C(C)N(Cc1cccc(OC)c1)C(=O)CN(c1ccc(C)cc1)S(=O)(=O)c1ccc(OC)c(Br)c1. The van der Waals surface area contributed by atoms with Gasteiger partial charge in [0.15, 0.2) is 0 Å². The number of benzene rings is 3. The normalized spacial score (nSPS) is 11.8. The number of rotatable bonds is 11. The Balaban J connectivity index is 2.05. The Kier molecular flexibility index (Phi) is 9.98. The van der Waals surface area contributed by atoms with Gasteiger partial charge in [0.05, 0.1) is 29.3 Å². The molecule has 3 rings (SSSR count). The number of aryl methyl sites for hydroxylation is 1. The Morgan fingerprint density at radius 3 is 2.28 bits per heavy atom. The molecule has 0 bridgehead atoms. The topological polar surface area (TPSA) is 105 Å². The average Bonchev–Trinajstić information content (AvgIpc) is 2.94. The molecule has 1 N–H and O–H groups in total. The van der Waals surface area contributed by atoms with Crippen LogP contribution >= 0.6 is 15.9 Å². The molecular formula is C28H32BrN3O6S. The lowest BCUT2D eigenvalue weighted by molar-refractivity contribution is -0.139. The lowest BCUT2D eigenvalue weighted by Crippen LogP contribution is -2.50. The molecule has 2 amide bonds. The summed E-state index contributed by atoms with van der Waals surface area (Å²) in [4.78, 5) is 27.8. The van der Waals surface area contributed by atoms with E-state index in [1.54, 1.807) is 49.4 Å². The molecule has 0 radical (unpaired) electrons. The highest BCUT2D eigenvalue weighted by Crippen LogP contribution is 2.31. The molecule has 11 heteroatoms. The minimum absolute atomic E-state index is 0.0257. The third-order valence-electron chi connectivity index (χ3n) is 6.21. The number of carbonyl (C=O) groups excluding carboxylic acids is 2. The Bertz CT molecular complexity index is 1430. The van der Waals surface area contributed by atoms with E-state index in [2.05, 4.69) is 21.2 Å². The van der Waals surface area contributed by atoms with Crippen LogP contribution in [0, 0.1) is 6.92 Å². The van der Waals surface area contributed by atoms with E-state index in [0.717, 1.165) is 15.4 Å². The molecule has 0 aromatic heterocycles. The predicted octanol–water partition coefficient (Wildman–Crippen LogP) is 4.13. The summed E-state index contributed by atoms with van der Waals surface area (Å²) >= 11 is 3.34. The first-order valence-corrected chi connectivity index (χ1v) is 14.3. The van der Waals surface area contributed by atoms with Gasteiger partial charge in [0, 0.05) is 13.6 Å². The molecule has 3 aromatic rings. The van der Waals surface area contributed by atoms with Gasteiger partial charge in [-0.15, -0.1) is 0 Å². The number of anilines is 1. The quantitative estimate of drug-likeness (QED) is 0.347. The van der Waals surface area contributed by atoms with Crippen LogP contribution in [0.2, 0.25) is 0 Å². The van der Waals surface area contributed by atoms with Gasteiger partial charge >= 0.3 is 0 Å². The van der Waals surface area contributed by atoms with Crippen molar-refractivity contribution in [2.24, 2.45) is 0 Å². The standard InChI is InChI=1S/C28H32BrN3O6S/c1-19-9-11-22(12-10-19)32(39(35,36)24-13-14-26(38-5)25(29)16-24)18-27(33)31(20(2)28(34)30-3)17-21-7-6-8-23(15-21)37-4/h6-16,20H,17-18H2,1-5H3,(H,30,34). The van der Waals surface area contributed by atoms with Gasteiger partial charge in [0.25, 0.3) is 10.0 Å². The van der Waals surface area contributed by atoms with Gasteiger partial charge in [-0.25, -0.2) is 8.42 Å². The van der Waals surface area contributed by atoms with Gasteiger partial charge in [-0.2, -0.15) is 0 Å². The molecule has 0 saturated heterocycles. The van der Waals surface area contributed by atoms with E-state index >= 15 is 0 Å². The first-order valence-electron chi connectivity index (χ1n) is 12.1. The fourth-order valence-electron chi connectivity index (χ4n) is 3.93. The van der Waals surface area contributed by atoms with Gasteiger partial charge in [0.1, 0.15) is 24.1 Å². The van der Waals surface area contributed by atoms with Crippen molar-refractivity contribution in [3.8, 4) is 11.5 Å². The summed E-state index contributed by atoms with van der Waals surface area (Å²) in [6.45, 7) is 3.03. The highest BCUT2D eigenvalue weighted by molar-refractivity contribution is 9.10. The van der Waals surface area contributed by atoms with Crippen molar-refractivity contribution in [1.82, 2.24) is 10.2 Å². The van der Waals surface area contributed by atoms with Gasteiger partial charge in [-0.05, 0) is 77.8 Å². The third-order valence-corrected chi connectivity index (χ3v) is 8.60. The monoisotopic (exact) mass is 617 g/mol. The lowest BCUT2D eigenvalue weighted by Gasteiger charge is -2.32. The lowest BCUT2D eigenvalue weighted by atomic mass is 10.1. The number of nitrogens with zero attached hydrogens (tertiary/aromatic N) is 2. The van der Waals surface area contributed by atoms with E-state index < -0.39 is 28.5 Å². The second-order valence-electron chi connectivity index (χ2n) is 8.81. The zero-order valence-corrected chi connectivity index (χ0v) is 24.9. The third kappa shape index (κ3) is 7.10. The highest BCUT2D eigenvalue weighted by atomic mass is 79.9. The van der Waals surface area contributed by atoms with Crippen LogP contribution in [0.3, 0.4) is 0 Å². The Hall–Kier alpha value is -3.57. The van der Waals surface area contributed by atoms with Crippen molar-refractivity contribution in [3.05, 3.63) is 82.3 Å². The summed E-state index contributed by atoms with van der Waals surface area (Å²) in [5.41, 5.74) is 1.97. The number of nitrogens with one attached hydrogen (secondary N) is 1. The van der Waals surface area contributed by atoms with Gasteiger partial charge in [0.2, 0.25) is 11.8 Å². The minimum Gasteiger partial charge on any atom is -0.497 e. The Morgan fingerprint density at radius 2 is 1.69 bits per heavy atom. The molecule has 0 aliphatic heterocycles. The van der Waals surface area contributed by atoms with Crippen LogP contribution in [-0.4, -0.2) is 59.0 Å². The maximum atomic E-state index is 13.9. The van der Waals surface area contributed by atoms with Crippen LogP contribution in [0.1, 0.15) is 18.1 Å². The molecule has 1 unspecified atom stereocenters. The van der Waals surface area contributed by atoms with Crippen LogP contribution < -0.4 is 19.1 Å². The maximum Gasteiger partial charge on any atom is 0.264 e. The molecule has 3 aromatic carbocycles. The largest absolute Gasteiger partial charge is 0.497 e. The second-order valence-corrected chi connectivity index (χ2v) is 11.5. The molecule has 0 spiro atoms. The van der Waals surface area contributed by atoms with Crippen LogP contribution in [0.5, 0.6) is 11.5 Å². The van der Waals surface area contributed by atoms with Crippen LogP contribution in [0.25, 0.3) is 0 Å². The fraction of sp³-hybridized carbons (Fsp3) is 0.286. The summed E-state index contributed by atoms with van der Waals surface area (Å²) in [7, 11) is 0.306. The summed E-state index contributed by atoms with van der Waals surface area (Å²) in [6.07, 6.45) is 0. The summed E-state index contributed by atoms with van der Waals surface area (Å²) in [5.74, 6) is 0.137. The second kappa shape index (κ2) is 13.0. The molecule has 39 heavy (non-hydrogen) atoms. The van der Waals surface area contributed by atoms with Crippen molar-refractivity contribution >= 4 is 43.5 Å². The van der Waals surface area contributed by atoms with Gasteiger partial charge in [-0.3, -0.25) is 13.9 Å². The number of halogens is 1. The molecule has 1 atom stereocenters. The smallest absolute Gasteiger partial charge is 0.264 e. The molecule has 0 fully saturated rings. The van der Waals surface area contributed by atoms with E-state index in [4.69, 9.17) is 9.47 Å². The van der Waals surface area contributed by atoms with Crippen molar-refractivity contribution in [2.75, 3.05) is 32.1 Å². The summed E-state index contributed by atoms with van der Waals surface area (Å²) in [6, 6.07) is 17.5. The Morgan fingerprint density at radius 1 is 1.00 bits per heavy atom. The fourth-order valence-corrected chi connectivity index (χ4v) is 6.07. The number of carbonyl (C=O) groups is 2. The van der Waals surface area contributed by atoms with Crippen LogP contribution in [-0.2, 0) is 26.2 Å². The number of hydrogen-bond donors (Lipinski definition) is 1. The first-order chi connectivity index (χ1) is 18.5. The van der Waals surface area contributed by atoms with Crippen molar-refractivity contribution < 1.29 is 27.5 Å². The van der Waals surface area contributed by atoms with Crippen molar-refractivity contribution in [3.63, 3.8) is 0 Å². The number of methoxy groups -OCH3 is 2. The van der Waals surface area contributed by atoms with Crippen LogP contribution in [0.4, 0.5) is 5.69 Å². The van der Waals surface area contributed by atoms with E-state index in [1.807, 2.05) is 13.0 Å². The molecule has 0 saturated carbocycles. The maximum absolute atomic E-state index is 13.9. The zero-order chi connectivity index (χ0) is 28.7. The summed E-state index contributed by atoms with van der Waals surface area (Å²) in [5, 5.41) is 2.57. The number of sulfonamides is 1. The number of hydrogen-bond acceptors (Lipinski definition) is 6. The van der Waals surface area contributed by atoms with E-state index in [9.17, 15) is 18.0 Å². The molecular weight excluding hydrogens is 586 g/mol. The van der Waals surface area contributed by atoms with E-state index in [0.29, 0.717) is 21.7 Å². The first kappa shape index (κ1) is 30.0. The van der Waals surface area contributed by atoms with Crippen LogP contribution in [0.15, 0.2) is 76.1 Å². The zero-order valence-electron chi connectivity index (χ0n) is 22.5. The predicted molar refractivity (Wildman–Crippen MR) is 153 cm³/mol. The van der Waals surface area contributed by atoms with E-state index in [1.165, 1.54) is 44.4 Å².